The zero-order valence-corrected chi connectivity index (χ0v) is 12.3. The third-order valence-corrected chi connectivity index (χ3v) is 4.38. The molecule has 0 amide bonds. The quantitative estimate of drug-likeness (QED) is 0.838. The van der Waals surface area contributed by atoms with Gasteiger partial charge in [-0.1, -0.05) is 36.8 Å². The fourth-order valence-electron chi connectivity index (χ4n) is 3.31. The van der Waals surface area contributed by atoms with Crippen LogP contribution in [-0.4, -0.2) is 55.2 Å². The van der Waals surface area contributed by atoms with Crippen LogP contribution in [0, 0.1) is 0 Å². The van der Waals surface area contributed by atoms with Gasteiger partial charge in [-0.05, 0) is 31.5 Å². The van der Waals surface area contributed by atoms with E-state index in [9.17, 15) is 0 Å². The molecular formula is C17H26N2O. The molecular weight excluding hydrogens is 248 g/mol. The first-order valence-corrected chi connectivity index (χ1v) is 8.00. The van der Waals surface area contributed by atoms with Crippen molar-refractivity contribution < 1.29 is 4.74 Å². The second-order valence-electron chi connectivity index (χ2n) is 6.07. The maximum absolute atomic E-state index is 5.97. The number of piperidine rings is 1. The summed E-state index contributed by atoms with van der Waals surface area (Å²) >= 11 is 0. The summed E-state index contributed by atoms with van der Waals surface area (Å²) in [5.74, 6) is 0. The van der Waals surface area contributed by atoms with Crippen molar-refractivity contribution in [3.05, 3.63) is 35.9 Å². The molecule has 1 aromatic carbocycles. The maximum atomic E-state index is 5.97. The molecule has 3 heteroatoms. The van der Waals surface area contributed by atoms with Gasteiger partial charge in [0.1, 0.15) is 0 Å². The molecule has 0 aliphatic carbocycles. The number of hydrogen-bond donors (Lipinski definition) is 0. The van der Waals surface area contributed by atoms with Gasteiger partial charge in [-0.25, -0.2) is 0 Å². The van der Waals surface area contributed by atoms with Crippen molar-refractivity contribution >= 4 is 0 Å². The summed E-state index contributed by atoms with van der Waals surface area (Å²) in [5, 5.41) is 0. The van der Waals surface area contributed by atoms with Crippen molar-refractivity contribution in [2.75, 3.05) is 39.3 Å². The minimum Gasteiger partial charge on any atom is -0.374 e. The lowest BCUT2D eigenvalue weighted by Crippen LogP contribution is -2.48. The second-order valence-corrected chi connectivity index (χ2v) is 6.07. The van der Waals surface area contributed by atoms with Gasteiger partial charge in [0.05, 0.1) is 12.7 Å². The highest BCUT2D eigenvalue weighted by molar-refractivity contribution is 5.14. The van der Waals surface area contributed by atoms with E-state index < -0.39 is 0 Å². The normalized spacial score (nSPS) is 25.7. The lowest BCUT2D eigenvalue weighted by molar-refractivity contribution is -0.0476. The van der Waals surface area contributed by atoms with Crippen LogP contribution in [-0.2, 0) is 11.3 Å². The van der Waals surface area contributed by atoms with Crippen LogP contribution in [0.4, 0.5) is 0 Å². The summed E-state index contributed by atoms with van der Waals surface area (Å²) in [6.07, 6.45) is 4.52. The average Bonchev–Trinajstić information content (AvgIpc) is 2.50. The first-order chi connectivity index (χ1) is 9.90. The molecule has 2 aliphatic heterocycles. The average molecular weight is 274 g/mol. The Balaban J connectivity index is 1.48. The number of benzene rings is 1. The Morgan fingerprint density at radius 2 is 1.75 bits per heavy atom. The van der Waals surface area contributed by atoms with Gasteiger partial charge >= 0.3 is 0 Å². The monoisotopic (exact) mass is 274 g/mol. The van der Waals surface area contributed by atoms with Crippen LogP contribution in [0.5, 0.6) is 0 Å². The smallest absolute Gasteiger partial charge is 0.0829 e. The van der Waals surface area contributed by atoms with Crippen molar-refractivity contribution in [2.45, 2.75) is 31.9 Å². The molecule has 0 bridgehead atoms. The van der Waals surface area contributed by atoms with Crippen LogP contribution in [0.2, 0.25) is 0 Å². The number of ether oxygens (including phenoxy) is 1. The van der Waals surface area contributed by atoms with Crippen molar-refractivity contribution in [1.29, 1.82) is 0 Å². The van der Waals surface area contributed by atoms with Gasteiger partial charge in [-0.15, -0.1) is 0 Å². The molecule has 0 N–H and O–H groups in total. The first-order valence-electron chi connectivity index (χ1n) is 8.00. The Kier molecular flexibility index (Phi) is 5.06. The van der Waals surface area contributed by atoms with E-state index in [1.54, 1.807) is 0 Å². The molecule has 2 heterocycles. The fraction of sp³-hybridized carbons (Fsp3) is 0.647. The van der Waals surface area contributed by atoms with Crippen molar-refractivity contribution in [1.82, 2.24) is 9.80 Å². The SMILES string of the molecule is c1ccc(CN2CCO[C@@H](CN3CCCCC3)C2)cc1. The van der Waals surface area contributed by atoms with Gasteiger partial charge in [0, 0.05) is 26.2 Å². The van der Waals surface area contributed by atoms with Crippen LogP contribution in [0.3, 0.4) is 0 Å². The predicted octanol–water partition coefficient (Wildman–Crippen LogP) is 2.37. The van der Waals surface area contributed by atoms with Crippen LogP contribution in [0.25, 0.3) is 0 Å². The van der Waals surface area contributed by atoms with Gasteiger partial charge in [0.15, 0.2) is 0 Å². The van der Waals surface area contributed by atoms with Crippen LogP contribution < -0.4 is 0 Å². The van der Waals surface area contributed by atoms with Crippen LogP contribution in [0.15, 0.2) is 30.3 Å². The van der Waals surface area contributed by atoms with E-state index in [4.69, 9.17) is 4.74 Å². The molecule has 3 nitrogen and oxygen atoms in total. The second kappa shape index (κ2) is 7.21. The summed E-state index contributed by atoms with van der Waals surface area (Å²) in [7, 11) is 0. The van der Waals surface area contributed by atoms with Crippen LogP contribution in [0.1, 0.15) is 24.8 Å². The Morgan fingerprint density at radius 3 is 2.55 bits per heavy atom. The maximum Gasteiger partial charge on any atom is 0.0829 e. The fourth-order valence-corrected chi connectivity index (χ4v) is 3.31. The largest absolute Gasteiger partial charge is 0.374 e. The van der Waals surface area contributed by atoms with Crippen molar-refractivity contribution in [3.8, 4) is 0 Å². The number of rotatable bonds is 4. The van der Waals surface area contributed by atoms with Gasteiger partial charge in [0.2, 0.25) is 0 Å². The van der Waals surface area contributed by atoms with E-state index in [2.05, 4.69) is 40.1 Å². The third-order valence-electron chi connectivity index (χ3n) is 4.38. The number of hydrogen-bond acceptors (Lipinski definition) is 3. The minimum absolute atomic E-state index is 0.394. The van der Waals surface area contributed by atoms with E-state index in [0.717, 1.165) is 32.8 Å². The van der Waals surface area contributed by atoms with Crippen molar-refractivity contribution in [2.24, 2.45) is 0 Å². The summed E-state index contributed by atoms with van der Waals surface area (Å²) in [4.78, 5) is 5.12. The Hall–Kier alpha value is -0.900. The lowest BCUT2D eigenvalue weighted by Gasteiger charge is -2.36. The van der Waals surface area contributed by atoms with Gasteiger partial charge in [-0.2, -0.15) is 0 Å². The topological polar surface area (TPSA) is 15.7 Å². The number of likely N-dealkylation sites (tertiary alicyclic amines) is 1. The minimum atomic E-state index is 0.394. The van der Waals surface area contributed by atoms with E-state index in [-0.39, 0.29) is 0 Å². The molecule has 110 valence electrons. The van der Waals surface area contributed by atoms with E-state index in [0.29, 0.717) is 6.10 Å². The van der Waals surface area contributed by atoms with E-state index in [1.165, 1.54) is 37.9 Å². The predicted molar refractivity (Wildman–Crippen MR) is 81.8 cm³/mol. The molecule has 3 rings (SSSR count). The third kappa shape index (κ3) is 4.05. The molecule has 2 saturated heterocycles. The van der Waals surface area contributed by atoms with Crippen molar-refractivity contribution in [3.63, 3.8) is 0 Å². The highest BCUT2D eigenvalue weighted by atomic mass is 16.5. The summed E-state index contributed by atoms with van der Waals surface area (Å²) < 4.78 is 5.97. The molecule has 0 radical (unpaired) electrons. The van der Waals surface area contributed by atoms with Gasteiger partial charge < -0.3 is 9.64 Å². The summed E-state index contributed by atoms with van der Waals surface area (Å²) in [6.45, 7) is 7.71. The summed E-state index contributed by atoms with van der Waals surface area (Å²) in [5.41, 5.74) is 1.41. The van der Waals surface area contributed by atoms with E-state index in [1.807, 2.05) is 0 Å². The molecule has 0 saturated carbocycles. The van der Waals surface area contributed by atoms with Gasteiger partial charge in [0.25, 0.3) is 0 Å². The van der Waals surface area contributed by atoms with Crippen LogP contribution >= 0.6 is 0 Å². The highest BCUT2D eigenvalue weighted by Crippen LogP contribution is 2.14. The summed E-state index contributed by atoms with van der Waals surface area (Å²) in [6, 6.07) is 10.8. The molecule has 0 aromatic heterocycles. The standard InChI is InChI=1S/C17H26N2O/c1-3-7-16(8-4-1)13-19-11-12-20-17(15-19)14-18-9-5-2-6-10-18/h1,3-4,7-8,17H,2,5-6,9-15H2/t17-/m0/s1. The Morgan fingerprint density at radius 1 is 0.950 bits per heavy atom. The lowest BCUT2D eigenvalue weighted by atomic mass is 10.1. The first kappa shape index (κ1) is 14.1. The number of morpholine rings is 1. The molecule has 1 aromatic rings. The molecule has 2 aliphatic rings. The molecule has 1 atom stereocenters. The Bertz CT molecular complexity index is 389. The molecule has 20 heavy (non-hydrogen) atoms. The molecule has 0 unspecified atom stereocenters. The zero-order chi connectivity index (χ0) is 13.6. The highest BCUT2D eigenvalue weighted by Gasteiger charge is 2.23. The van der Waals surface area contributed by atoms with E-state index >= 15 is 0 Å². The molecule has 2 fully saturated rings. The van der Waals surface area contributed by atoms with Gasteiger partial charge in [-0.3, -0.25) is 4.90 Å². The number of nitrogens with zero attached hydrogens (tertiary/aromatic N) is 2. The Labute approximate surface area is 122 Å². The zero-order valence-electron chi connectivity index (χ0n) is 12.3. The molecule has 0 spiro atoms.